The summed E-state index contributed by atoms with van der Waals surface area (Å²) in [4.78, 5) is 8.80. The molecule has 4 aromatic rings. The highest BCUT2D eigenvalue weighted by Crippen LogP contribution is 2.35. The van der Waals surface area contributed by atoms with Crippen LogP contribution in [0.5, 0.6) is 11.5 Å². The van der Waals surface area contributed by atoms with Gasteiger partial charge in [0.15, 0.2) is 17.3 Å². The number of benzene rings is 2. The molecule has 3 N–H and O–H groups in total. The van der Waals surface area contributed by atoms with E-state index in [2.05, 4.69) is 20.4 Å². The van der Waals surface area contributed by atoms with Crippen LogP contribution in [0.4, 0.5) is 11.5 Å². The topological polar surface area (TPSA) is 87.5 Å². The smallest absolute Gasteiger partial charge is 0.252 e. The normalized spacial score (nSPS) is 11.0. The highest BCUT2D eigenvalue weighted by atomic mass is 16.5. The van der Waals surface area contributed by atoms with Crippen molar-refractivity contribution in [3.63, 3.8) is 0 Å². The van der Waals surface area contributed by atoms with Crippen LogP contribution in [0.25, 0.3) is 17.0 Å². The lowest BCUT2D eigenvalue weighted by Gasteiger charge is -2.09. The Morgan fingerprint density at radius 1 is 1.16 bits per heavy atom. The number of rotatable bonds is 4. The zero-order valence-corrected chi connectivity index (χ0v) is 13.8. The molecule has 0 atom stereocenters. The van der Waals surface area contributed by atoms with Crippen LogP contribution in [0.1, 0.15) is 5.56 Å². The first kappa shape index (κ1) is 15.1. The number of H-pyrrole nitrogens is 1. The fraction of sp³-hybridized carbons (Fsp3) is 0.111. The van der Waals surface area contributed by atoms with Crippen molar-refractivity contribution in [2.75, 3.05) is 12.4 Å². The quantitative estimate of drug-likeness (QED) is 0.531. The van der Waals surface area contributed by atoms with Crippen LogP contribution in [0.15, 0.2) is 48.8 Å². The minimum absolute atomic E-state index is 0.0854. The number of hydrogen-bond acceptors (Lipinski definition) is 5. The second kappa shape index (κ2) is 5.86. The summed E-state index contributed by atoms with van der Waals surface area (Å²) < 4.78 is 6.98. The van der Waals surface area contributed by atoms with Gasteiger partial charge in [0.05, 0.1) is 7.11 Å². The Balaban J connectivity index is 1.84. The number of methoxy groups -OCH3 is 1. The van der Waals surface area contributed by atoms with Gasteiger partial charge in [0.25, 0.3) is 5.78 Å². The van der Waals surface area contributed by atoms with Gasteiger partial charge in [0, 0.05) is 11.3 Å². The number of hydrogen-bond donors (Lipinski definition) is 3. The summed E-state index contributed by atoms with van der Waals surface area (Å²) in [7, 11) is 1.52. The average molecular weight is 335 g/mol. The fourth-order valence-electron chi connectivity index (χ4n) is 2.68. The Kier molecular flexibility index (Phi) is 3.53. The van der Waals surface area contributed by atoms with Gasteiger partial charge in [-0.05, 0) is 37.3 Å². The lowest BCUT2D eigenvalue weighted by Crippen LogP contribution is -1.98. The summed E-state index contributed by atoms with van der Waals surface area (Å²) in [5.41, 5.74) is 3.64. The van der Waals surface area contributed by atoms with Gasteiger partial charge in [0.2, 0.25) is 0 Å². The number of phenolic OH excluding ortho intramolecular Hbond substituents is 1. The van der Waals surface area contributed by atoms with Gasteiger partial charge in [-0.3, -0.25) is 5.10 Å². The standard InChI is InChI=1S/C18H17N5O2/c1-11-3-6-13(7-4-11)21-17-16(22-18-19-10-20-23(17)18)12-5-8-14(24)15(9-12)25-2/h3-10,21,24H,1-2H3,(H,19,20,22). The Bertz CT molecular complexity index is 1030. The average Bonchev–Trinajstić information content (AvgIpc) is 3.20. The monoisotopic (exact) mass is 335 g/mol. The maximum absolute atomic E-state index is 9.83. The van der Waals surface area contributed by atoms with Gasteiger partial charge in [-0.15, -0.1) is 0 Å². The van der Waals surface area contributed by atoms with Crippen molar-refractivity contribution in [2.24, 2.45) is 0 Å². The third kappa shape index (κ3) is 2.65. The van der Waals surface area contributed by atoms with E-state index in [0.29, 0.717) is 17.2 Å². The van der Waals surface area contributed by atoms with Gasteiger partial charge >= 0.3 is 0 Å². The molecule has 0 bridgehead atoms. The van der Waals surface area contributed by atoms with E-state index in [4.69, 9.17) is 4.74 Å². The third-order valence-electron chi connectivity index (χ3n) is 3.99. The number of phenols is 1. The molecule has 0 aliphatic rings. The molecule has 0 saturated heterocycles. The van der Waals surface area contributed by atoms with Gasteiger partial charge in [-0.25, -0.2) is 14.5 Å². The van der Waals surface area contributed by atoms with E-state index >= 15 is 0 Å². The maximum Gasteiger partial charge on any atom is 0.252 e. The molecule has 0 unspecified atom stereocenters. The molecule has 0 fully saturated rings. The van der Waals surface area contributed by atoms with Crippen LogP contribution < -0.4 is 10.1 Å². The summed E-state index contributed by atoms with van der Waals surface area (Å²) in [6.45, 7) is 2.05. The molecule has 0 aliphatic carbocycles. The summed E-state index contributed by atoms with van der Waals surface area (Å²) in [6, 6.07) is 13.2. The highest BCUT2D eigenvalue weighted by molar-refractivity contribution is 5.79. The first-order valence-corrected chi connectivity index (χ1v) is 7.78. The second-order valence-corrected chi connectivity index (χ2v) is 5.71. The lowest BCUT2D eigenvalue weighted by molar-refractivity contribution is 0.373. The van der Waals surface area contributed by atoms with E-state index in [1.54, 1.807) is 29.0 Å². The second-order valence-electron chi connectivity index (χ2n) is 5.71. The molecule has 2 aromatic heterocycles. The Morgan fingerprint density at radius 2 is 1.96 bits per heavy atom. The predicted octanol–water partition coefficient (Wildman–Crippen LogP) is 3.49. The largest absolute Gasteiger partial charge is 0.504 e. The molecule has 25 heavy (non-hydrogen) atoms. The minimum atomic E-state index is 0.0854. The number of aromatic amines is 1. The molecule has 0 spiro atoms. The SMILES string of the molecule is COc1cc(-c2nc3nc[nH]n3c2Nc2ccc(C)cc2)ccc1O. The predicted molar refractivity (Wildman–Crippen MR) is 95.5 cm³/mol. The molecule has 7 nitrogen and oxygen atoms in total. The van der Waals surface area contributed by atoms with E-state index in [0.717, 1.165) is 17.1 Å². The van der Waals surface area contributed by atoms with Gasteiger partial charge in [-0.2, -0.15) is 0 Å². The molecule has 2 heterocycles. The first-order chi connectivity index (χ1) is 12.2. The summed E-state index contributed by atoms with van der Waals surface area (Å²) in [5.74, 6) is 1.78. The zero-order valence-electron chi connectivity index (χ0n) is 13.8. The van der Waals surface area contributed by atoms with Gasteiger partial charge < -0.3 is 15.2 Å². The van der Waals surface area contributed by atoms with Crippen LogP contribution in [0, 0.1) is 6.92 Å². The number of nitrogens with one attached hydrogen (secondary N) is 2. The Morgan fingerprint density at radius 3 is 2.72 bits per heavy atom. The van der Waals surface area contributed by atoms with Crippen molar-refractivity contribution in [3.8, 4) is 22.8 Å². The molecule has 7 heteroatoms. The minimum Gasteiger partial charge on any atom is -0.504 e. The molecule has 2 aromatic carbocycles. The van der Waals surface area contributed by atoms with Crippen molar-refractivity contribution in [3.05, 3.63) is 54.4 Å². The lowest BCUT2D eigenvalue weighted by atomic mass is 10.1. The van der Waals surface area contributed by atoms with Crippen LogP contribution in [-0.4, -0.2) is 31.8 Å². The zero-order chi connectivity index (χ0) is 17.4. The van der Waals surface area contributed by atoms with E-state index in [1.165, 1.54) is 12.7 Å². The number of aromatic nitrogens is 4. The molecular formula is C18H17N5O2. The molecule has 4 rings (SSSR count). The van der Waals surface area contributed by atoms with E-state index in [9.17, 15) is 5.11 Å². The van der Waals surface area contributed by atoms with Crippen molar-refractivity contribution in [1.29, 1.82) is 0 Å². The molecule has 0 amide bonds. The number of aryl methyl sites for hydroxylation is 1. The van der Waals surface area contributed by atoms with Crippen LogP contribution in [0.2, 0.25) is 0 Å². The summed E-state index contributed by atoms with van der Waals surface area (Å²) >= 11 is 0. The Labute approximate surface area is 143 Å². The van der Waals surface area contributed by atoms with Crippen LogP contribution >= 0.6 is 0 Å². The van der Waals surface area contributed by atoms with E-state index < -0.39 is 0 Å². The summed E-state index contributed by atoms with van der Waals surface area (Å²) in [6.07, 6.45) is 1.59. The number of nitrogens with zero attached hydrogens (tertiary/aromatic N) is 3. The highest BCUT2D eigenvalue weighted by Gasteiger charge is 2.17. The van der Waals surface area contributed by atoms with Gasteiger partial charge in [0.1, 0.15) is 12.0 Å². The number of ether oxygens (including phenoxy) is 1. The number of aromatic hydroxyl groups is 1. The first-order valence-electron chi connectivity index (χ1n) is 7.78. The fourth-order valence-corrected chi connectivity index (χ4v) is 2.68. The summed E-state index contributed by atoms with van der Waals surface area (Å²) in [5, 5.41) is 16.3. The Hall–Kier alpha value is -3.48. The van der Waals surface area contributed by atoms with Crippen molar-refractivity contribution >= 4 is 17.3 Å². The third-order valence-corrected chi connectivity index (χ3v) is 3.99. The number of fused-ring (bicyclic) bond motifs is 1. The maximum atomic E-state index is 9.83. The van der Waals surface area contributed by atoms with Gasteiger partial charge in [-0.1, -0.05) is 17.7 Å². The van der Waals surface area contributed by atoms with E-state index in [-0.39, 0.29) is 5.75 Å². The molecule has 0 saturated carbocycles. The van der Waals surface area contributed by atoms with E-state index in [1.807, 2.05) is 31.2 Å². The molecule has 0 radical (unpaired) electrons. The van der Waals surface area contributed by atoms with Crippen LogP contribution in [0.3, 0.4) is 0 Å². The molecule has 126 valence electrons. The van der Waals surface area contributed by atoms with Crippen LogP contribution in [-0.2, 0) is 0 Å². The molecular weight excluding hydrogens is 318 g/mol. The van der Waals surface area contributed by atoms with Crippen molar-refractivity contribution in [1.82, 2.24) is 19.6 Å². The van der Waals surface area contributed by atoms with Crippen molar-refractivity contribution < 1.29 is 9.84 Å². The molecule has 0 aliphatic heterocycles. The number of anilines is 2. The number of imidazole rings is 1. The van der Waals surface area contributed by atoms with Crippen molar-refractivity contribution in [2.45, 2.75) is 6.92 Å².